The number of hydrogen-bond acceptors (Lipinski definition) is 2. The van der Waals surface area contributed by atoms with Crippen LogP contribution >= 0.6 is 11.6 Å². The number of aliphatic imine (C=N–C) groups is 1. The molecule has 0 aliphatic heterocycles. The Labute approximate surface area is 152 Å². The van der Waals surface area contributed by atoms with E-state index in [0.717, 1.165) is 21.8 Å². The monoisotopic (exact) mass is 353 g/mol. The van der Waals surface area contributed by atoms with Crippen molar-refractivity contribution in [2.75, 3.05) is 7.05 Å². The van der Waals surface area contributed by atoms with E-state index in [-0.39, 0.29) is 0 Å². The van der Waals surface area contributed by atoms with Crippen molar-refractivity contribution in [2.45, 2.75) is 13.1 Å². The van der Waals surface area contributed by atoms with E-state index < -0.39 is 0 Å². The summed E-state index contributed by atoms with van der Waals surface area (Å²) in [6.07, 6.45) is 3.85. The number of benzene rings is 2. The molecule has 3 aromatic rings. The second kappa shape index (κ2) is 8.35. The van der Waals surface area contributed by atoms with Crippen LogP contribution in [0.5, 0.6) is 0 Å². The van der Waals surface area contributed by atoms with Gasteiger partial charge in [-0.25, -0.2) is 4.68 Å². The number of rotatable bonds is 5. The standard InChI is InChI=1S/C19H20ClN5/c1-21-19(23-13-16-7-5-6-10-18(16)20)22-11-15-12-24-25(14-15)17-8-3-2-4-9-17/h2-10,12,14H,11,13H2,1H3,(H2,21,22,23). The smallest absolute Gasteiger partial charge is 0.191 e. The molecule has 2 aromatic carbocycles. The Morgan fingerprint density at radius 3 is 2.52 bits per heavy atom. The Hall–Kier alpha value is -2.79. The number of guanidine groups is 1. The molecule has 0 saturated carbocycles. The molecule has 25 heavy (non-hydrogen) atoms. The fourth-order valence-corrected chi connectivity index (χ4v) is 2.60. The third kappa shape index (κ3) is 4.61. The molecule has 6 heteroatoms. The summed E-state index contributed by atoms with van der Waals surface area (Å²) in [5.41, 5.74) is 3.14. The maximum atomic E-state index is 6.17. The molecule has 5 nitrogen and oxygen atoms in total. The average molecular weight is 354 g/mol. The maximum absolute atomic E-state index is 6.17. The molecule has 0 saturated heterocycles. The van der Waals surface area contributed by atoms with Crippen molar-refractivity contribution >= 4 is 17.6 Å². The minimum Gasteiger partial charge on any atom is -0.352 e. The second-order valence-electron chi connectivity index (χ2n) is 5.50. The Bertz CT molecular complexity index is 842. The average Bonchev–Trinajstić information content (AvgIpc) is 3.13. The fraction of sp³-hybridized carbons (Fsp3) is 0.158. The lowest BCUT2D eigenvalue weighted by molar-refractivity contribution is 0.808. The highest BCUT2D eigenvalue weighted by Crippen LogP contribution is 2.14. The first-order valence-corrected chi connectivity index (χ1v) is 8.41. The Morgan fingerprint density at radius 2 is 1.76 bits per heavy atom. The lowest BCUT2D eigenvalue weighted by atomic mass is 10.2. The number of nitrogens with zero attached hydrogens (tertiary/aromatic N) is 3. The van der Waals surface area contributed by atoms with Gasteiger partial charge in [0.15, 0.2) is 5.96 Å². The van der Waals surface area contributed by atoms with E-state index in [1.54, 1.807) is 7.05 Å². The molecular weight excluding hydrogens is 334 g/mol. The van der Waals surface area contributed by atoms with E-state index in [4.69, 9.17) is 11.6 Å². The number of nitrogens with one attached hydrogen (secondary N) is 2. The first kappa shape index (κ1) is 17.0. The molecule has 0 radical (unpaired) electrons. The summed E-state index contributed by atoms with van der Waals surface area (Å²) >= 11 is 6.17. The molecule has 0 aliphatic rings. The molecule has 1 aromatic heterocycles. The highest BCUT2D eigenvalue weighted by Gasteiger charge is 2.04. The lowest BCUT2D eigenvalue weighted by Crippen LogP contribution is -2.36. The summed E-state index contributed by atoms with van der Waals surface area (Å²) in [4.78, 5) is 4.24. The molecule has 1 heterocycles. The van der Waals surface area contributed by atoms with E-state index in [2.05, 4.69) is 20.7 Å². The Morgan fingerprint density at radius 1 is 1.04 bits per heavy atom. The minimum absolute atomic E-state index is 0.614. The van der Waals surface area contributed by atoms with Crippen LogP contribution in [0.15, 0.2) is 72.0 Å². The van der Waals surface area contributed by atoms with Crippen LogP contribution in [0.4, 0.5) is 0 Å². The molecule has 0 atom stereocenters. The van der Waals surface area contributed by atoms with Gasteiger partial charge < -0.3 is 10.6 Å². The van der Waals surface area contributed by atoms with Crippen molar-refractivity contribution in [3.05, 3.63) is 83.1 Å². The molecule has 128 valence electrons. The lowest BCUT2D eigenvalue weighted by Gasteiger charge is -2.12. The van der Waals surface area contributed by atoms with Crippen LogP contribution in [-0.2, 0) is 13.1 Å². The summed E-state index contributed by atoms with van der Waals surface area (Å²) < 4.78 is 1.86. The minimum atomic E-state index is 0.614. The van der Waals surface area contributed by atoms with Gasteiger partial charge in [-0.2, -0.15) is 5.10 Å². The van der Waals surface area contributed by atoms with Crippen molar-refractivity contribution in [1.29, 1.82) is 0 Å². The van der Waals surface area contributed by atoms with Crippen molar-refractivity contribution in [1.82, 2.24) is 20.4 Å². The zero-order chi connectivity index (χ0) is 17.5. The highest BCUT2D eigenvalue weighted by molar-refractivity contribution is 6.31. The van der Waals surface area contributed by atoms with Crippen molar-refractivity contribution in [3.63, 3.8) is 0 Å². The number of hydrogen-bond donors (Lipinski definition) is 2. The van der Waals surface area contributed by atoms with E-state index >= 15 is 0 Å². The molecule has 0 fully saturated rings. The molecule has 0 spiro atoms. The first-order chi connectivity index (χ1) is 12.3. The fourth-order valence-electron chi connectivity index (χ4n) is 2.40. The Kier molecular flexibility index (Phi) is 5.69. The summed E-state index contributed by atoms with van der Waals surface area (Å²) in [5.74, 6) is 0.715. The number of aromatic nitrogens is 2. The van der Waals surface area contributed by atoms with Gasteiger partial charge in [0.25, 0.3) is 0 Å². The molecule has 0 unspecified atom stereocenters. The van der Waals surface area contributed by atoms with Gasteiger partial charge in [-0.15, -0.1) is 0 Å². The van der Waals surface area contributed by atoms with Crippen molar-refractivity contribution in [3.8, 4) is 5.69 Å². The van der Waals surface area contributed by atoms with Gasteiger partial charge >= 0.3 is 0 Å². The van der Waals surface area contributed by atoms with E-state index in [1.807, 2.05) is 71.7 Å². The third-order valence-corrected chi connectivity index (χ3v) is 4.11. The SMILES string of the molecule is CN=C(NCc1cnn(-c2ccccc2)c1)NCc1ccccc1Cl. The summed E-state index contributed by atoms with van der Waals surface area (Å²) in [6, 6.07) is 17.8. The summed E-state index contributed by atoms with van der Waals surface area (Å²) in [7, 11) is 1.75. The topological polar surface area (TPSA) is 54.2 Å². The molecule has 0 aliphatic carbocycles. The van der Waals surface area contributed by atoms with Crippen LogP contribution in [0.25, 0.3) is 5.69 Å². The van der Waals surface area contributed by atoms with Gasteiger partial charge in [-0.1, -0.05) is 48.0 Å². The predicted molar refractivity (Wildman–Crippen MR) is 102 cm³/mol. The van der Waals surface area contributed by atoms with Crippen LogP contribution in [-0.4, -0.2) is 22.8 Å². The van der Waals surface area contributed by atoms with Crippen molar-refractivity contribution in [2.24, 2.45) is 4.99 Å². The van der Waals surface area contributed by atoms with Crippen LogP contribution in [0, 0.1) is 0 Å². The third-order valence-electron chi connectivity index (χ3n) is 3.74. The van der Waals surface area contributed by atoms with Crippen LogP contribution in [0.3, 0.4) is 0 Å². The molecule has 0 amide bonds. The quantitative estimate of drug-likeness (QED) is 0.546. The molecule has 3 rings (SSSR count). The largest absolute Gasteiger partial charge is 0.352 e. The first-order valence-electron chi connectivity index (χ1n) is 8.03. The maximum Gasteiger partial charge on any atom is 0.191 e. The van der Waals surface area contributed by atoms with Gasteiger partial charge in [0.2, 0.25) is 0 Å². The second-order valence-corrected chi connectivity index (χ2v) is 5.91. The highest BCUT2D eigenvalue weighted by atomic mass is 35.5. The predicted octanol–water partition coefficient (Wildman–Crippen LogP) is 3.39. The Balaban J connectivity index is 1.55. The van der Waals surface area contributed by atoms with Crippen LogP contribution in [0.2, 0.25) is 5.02 Å². The zero-order valence-corrected chi connectivity index (χ0v) is 14.7. The number of para-hydroxylation sites is 1. The van der Waals surface area contributed by atoms with Crippen molar-refractivity contribution < 1.29 is 0 Å². The van der Waals surface area contributed by atoms with Crippen LogP contribution < -0.4 is 10.6 Å². The van der Waals surface area contributed by atoms with Gasteiger partial charge in [0.1, 0.15) is 0 Å². The van der Waals surface area contributed by atoms with E-state index in [0.29, 0.717) is 19.0 Å². The molecule has 0 bridgehead atoms. The normalized spacial score (nSPS) is 11.4. The zero-order valence-electron chi connectivity index (χ0n) is 14.0. The van der Waals surface area contributed by atoms with E-state index in [1.165, 1.54) is 0 Å². The number of halogens is 1. The van der Waals surface area contributed by atoms with Gasteiger partial charge in [-0.3, -0.25) is 4.99 Å². The van der Waals surface area contributed by atoms with E-state index in [9.17, 15) is 0 Å². The van der Waals surface area contributed by atoms with Gasteiger partial charge in [0.05, 0.1) is 11.9 Å². The summed E-state index contributed by atoms with van der Waals surface area (Å²) in [6.45, 7) is 1.25. The van der Waals surface area contributed by atoms with Gasteiger partial charge in [0, 0.05) is 36.9 Å². The molecule has 2 N–H and O–H groups in total. The molecular formula is C19H20ClN5. The van der Waals surface area contributed by atoms with Gasteiger partial charge in [-0.05, 0) is 23.8 Å². The summed E-state index contributed by atoms with van der Waals surface area (Å²) in [5, 5.41) is 11.7. The van der Waals surface area contributed by atoms with Crippen LogP contribution in [0.1, 0.15) is 11.1 Å².